The Morgan fingerprint density at radius 3 is 2.57 bits per heavy atom. The number of nitrogens with zero attached hydrogens (tertiary/aromatic N) is 2. The topological polar surface area (TPSA) is 27.6 Å². The quantitative estimate of drug-likeness (QED) is 0.510. The van der Waals surface area contributed by atoms with Gasteiger partial charge in [-0.1, -0.05) is 64.5 Å². The summed E-state index contributed by atoms with van der Waals surface area (Å²) in [5, 5.41) is 9.76. The van der Waals surface area contributed by atoms with E-state index >= 15 is 0 Å². The highest BCUT2D eigenvalue weighted by Crippen LogP contribution is 2.13. The van der Waals surface area contributed by atoms with E-state index in [1.54, 1.807) is 11.2 Å². The number of thiocarbonyl (C=S) groups is 1. The van der Waals surface area contributed by atoms with E-state index in [9.17, 15) is 0 Å². The van der Waals surface area contributed by atoms with Gasteiger partial charge < -0.3 is 5.32 Å². The number of hydrazone groups is 1. The van der Waals surface area contributed by atoms with E-state index in [1.165, 1.54) is 5.56 Å². The largest absolute Gasteiger partial charge is 0.357 e. The molecule has 0 aliphatic carbocycles. The molecule has 2 aromatic rings. The molecule has 5 heteroatoms. The van der Waals surface area contributed by atoms with Crippen LogP contribution in [0.15, 0.2) is 64.2 Å². The first-order valence-electron chi connectivity index (χ1n) is 6.51. The molecule has 0 fully saturated rings. The molecule has 0 aliphatic heterocycles. The van der Waals surface area contributed by atoms with Gasteiger partial charge in [-0.25, -0.2) is 5.01 Å². The summed E-state index contributed by atoms with van der Waals surface area (Å²) in [6.45, 7) is 0.689. The number of hydrogen-bond donors (Lipinski definition) is 1. The molecule has 21 heavy (non-hydrogen) atoms. The molecule has 0 aliphatic rings. The third-order valence-corrected chi connectivity index (χ3v) is 3.99. The second-order valence-electron chi connectivity index (χ2n) is 4.43. The van der Waals surface area contributed by atoms with Crippen molar-refractivity contribution in [3.63, 3.8) is 0 Å². The Kier molecular flexibility index (Phi) is 5.90. The van der Waals surface area contributed by atoms with Crippen molar-refractivity contribution in [2.75, 3.05) is 7.05 Å². The van der Waals surface area contributed by atoms with Gasteiger partial charge in [0.1, 0.15) is 0 Å². The zero-order valence-corrected chi connectivity index (χ0v) is 14.1. The van der Waals surface area contributed by atoms with Crippen LogP contribution >= 0.6 is 28.1 Å². The average Bonchev–Trinajstić information content (AvgIpc) is 2.52. The molecule has 0 saturated carbocycles. The Morgan fingerprint density at radius 1 is 1.19 bits per heavy atom. The third kappa shape index (κ3) is 4.95. The van der Waals surface area contributed by atoms with Crippen LogP contribution in [0.2, 0.25) is 0 Å². The predicted molar refractivity (Wildman–Crippen MR) is 95.4 cm³/mol. The van der Waals surface area contributed by atoms with Gasteiger partial charge in [-0.05, 0) is 23.8 Å². The minimum atomic E-state index is 0.585. The number of halogens is 1. The van der Waals surface area contributed by atoms with Crippen LogP contribution in [0.5, 0.6) is 0 Å². The Hall–Kier alpha value is -1.72. The molecule has 0 unspecified atom stereocenters. The summed E-state index contributed by atoms with van der Waals surface area (Å²) in [6, 6.07) is 18.0. The van der Waals surface area contributed by atoms with Crippen molar-refractivity contribution in [1.82, 2.24) is 10.3 Å². The zero-order valence-electron chi connectivity index (χ0n) is 11.7. The molecule has 108 valence electrons. The Balaban J connectivity index is 1.89. The first kappa shape index (κ1) is 15.7. The standard InChI is InChI=1S/C16H16BrN3S/c1-20(19-12-14-9-5-6-10-15(14)17)16(21)18-11-13-7-3-2-4-8-13/h2-10,12H,11H2,1H3,(H,18,21)/b19-12-. The first-order chi connectivity index (χ1) is 10.2. The molecule has 0 aromatic heterocycles. The molecule has 1 N–H and O–H groups in total. The lowest BCUT2D eigenvalue weighted by Crippen LogP contribution is -2.33. The number of hydrogen-bond acceptors (Lipinski definition) is 2. The lowest BCUT2D eigenvalue weighted by Gasteiger charge is -2.15. The fourth-order valence-electron chi connectivity index (χ4n) is 1.67. The minimum Gasteiger partial charge on any atom is -0.357 e. The Morgan fingerprint density at radius 2 is 1.86 bits per heavy atom. The molecule has 0 bridgehead atoms. The van der Waals surface area contributed by atoms with Gasteiger partial charge in [0, 0.05) is 23.6 Å². The van der Waals surface area contributed by atoms with Gasteiger partial charge >= 0.3 is 0 Å². The van der Waals surface area contributed by atoms with Crippen molar-refractivity contribution in [2.24, 2.45) is 5.10 Å². The monoisotopic (exact) mass is 361 g/mol. The fourth-order valence-corrected chi connectivity index (χ4v) is 2.18. The number of rotatable bonds is 4. The van der Waals surface area contributed by atoms with Crippen molar-refractivity contribution in [1.29, 1.82) is 0 Å². The first-order valence-corrected chi connectivity index (χ1v) is 7.71. The molecule has 0 saturated heterocycles. The van der Waals surface area contributed by atoms with Crippen molar-refractivity contribution in [3.8, 4) is 0 Å². The molecular weight excluding hydrogens is 346 g/mol. The van der Waals surface area contributed by atoms with Gasteiger partial charge in [0.25, 0.3) is 0 Å². The van der Waals surface area contributed by atoms with Crippen LogP contribution in [0, 0.1) is 0 Å². The minimum absolute atomic E-state index is 0.585. The SMILES string of the molecule is CN(/N=C\c1ccccc1Br)C(=S)NCc1ccccc1. The van der Waals surface area contributed by atoms with Crippen LogP contribution in [-0.4, -0.2) is 23.4 Å². The molecular formula is C16H16BrN3S. The highest BCUT2D eigenvalue weighted by molar-refractivity contribution is 9.10. The van der Waals surface area contributed by atoms with Gasteiger partial charge in [-0.3, -0.25) is 0 Å². The van der Waals surface area contributed by atoms with E-state index in [4.69, 9.17) is 12.2 Å². The lowest BCUT2D eigenvalue weighted by atomic mass is 10.2. The maximum absolute atomic E-state index is 5.31. The second kappa shape index (κ2) is 7.90. The second-order valence-corrected chi connectivity index (χ2v) is 5.68. The molecule has 0 spiro atoms. The summed E-state index contributed by atoms with van der Waals surface area (Å²) in [4.78, 5) is 0. The van der Waals surface area contributed by atoms with Gasteiger partial charge in [0.2, 0.25) is 0 Å². The van der Waals surface area contributed by atoms with E-state index in [0.29, 0.717) is 11.7 Å². The maximum atomic E-state index is 5.31. The number of nitrogens with one attached hydrogen (secondary N) is 1. The molecule has 0 amide bonds. The summed E-state index contributed by atoms with van der Waals surface area (Å²) in [6.07, 6.45) is 1.78. The van der Waals surface area contributed by atoms with Crippen molar-refractivity contribution < 1.29 is 0 Å². The highest BCUT2D eigenvalue weighted by Gasteiger charge is 2.02. The van der Waals surface area contributed by atoms with Crippen LogP contribution in [0.3, 0.4) is 0 Å². The highest BCUT2D eigenvalue weighted by atomic mass is 79.9. The maximum Gasteiger partial charge on any atom is 0.189 e. The van der Waals surface area contributed by atoms with Gasteiger partial charge in [-0.15, -0.1) is 0 Å². The smallest absolute Gasteiger partial charge is 0.189 e. The Bertz CT molecular complexity index is 628. The van der Waals surface area contributed by atoms with E-state index in [1.807, 2.05) is 49.5 Å². The van der Waals surface area contributed by atoms with Crippen molar-refractivity contribution >= 4 is 39.5 Å². The lowest BCUT2D eigenvalue weighted by molar-refractivity contribution is 0.532. The van der Waals surface area contributed by atoms with Gasteiger partial charge in [0.05, 0.1) is 6.21 Å². The molecule has 2 aromatic carbocycles. The van der Waals surface area contributed by atoms with Crippen molar-refractivity contribution in [2.45, 2.75) is 6.54 Å². The normalized spacial score (nSPS) is 10.6. The summed E-state index contributed by atoms with van der Waals surface area (Å²) in [5.74, 6) is 0. The summed E-state index contributed by atoms with van der Waals surface area (Å²) >= 11 is 8.80. The van der Waals surface area contributed by atoms with Crippen LogP contribution < -0.4 is 5.32 Å². The summed E-state index contributed by atoms with van der Waals surface area (Å²) < 4.78 is 1.00. The van der Waals surface area contributed by atoms with E-state index < -0.39 is 0 Å². The average molecular weight is 362 g/mol. The van der Waals surface area contributed by atoms with Crippen LogP contribution in [0.4, 0.5) is 0 Å². The van der Waals surface area contributed by atoms with E-state index in [2.05, 4.69) is 38.5 Å². The zero-order chi connectivity index (χ0) is 15.1. The molecule has 0 atom stereocenters. The van der Waals surface area contributed by atoms with Gasteiger partial charge in [-0.2, -0.15) is 5.10 Å². The molecule has 2 rings (SSSR count). The summed E-state index contributed by atoms with van der Waals surface area (Å²) in [5.41, 5.74) is 2.19. The van der Waals surface area contributed by atoms with Crippen LogP contribution in [0.25, 0.3) is 0 Å². The summed E-state index contributed by atoms with van der Waals surface area (Å²) in [7, 11) is 1.83. The molecule has 0 radical (unpaired) electrons. The molecule has 3 nitrogen and oxygen atoms in total. The van der Waals surface area contributed by atoms with E-state index in [-0.39, 0.29) is 0 Å². The predicted octanol–water partition coefficient (Wildman–Crippen LogP) is 3.79. The third-order valence-electron chi connectivity index (χ3n) is 2.86. The van der Waals surface area contributed by atoms with Gasteiger partial charge in [0.15, 0.2) is 5.11 Å². The van der Waals surface area contributed by atoms with E-state index in [0.717, 1.165) is 10.0 Å². The number of benzene rings is 2. The Labute approximate surface area is 138 Å². The van der Waals surface area contributed by atoms with Crippen LogP contribution in [-0.2, 0) is 6.54 Å². The fraction of sp³-hybridized carbons (Fsp3) is 0.125. The van der Waals surface area contributed by atoms with Crippen molar-refractivity contribution in [3.05, 3.63) is 70.2 Å². The molecule has 0 heterocycles. The van der Waals surface area contributed by atoms with Crippen LogP contribution in [0.1, 0.15) is 11.1 Å².